The van der Waals surface area contributed by atoms with Crippen LogP contribution in [0.2, 0.25) is 5.02 Å². The maximum Gasteiger partial charge on any atom is 0.170 e. The molecule has 0 spiro atoms. The van der Waals surface area contributed by atoms with E-state index < -0.39 is 0 Å². The van der Waals surface area contributed by atoms with E-state index in [1.165, 1.54) is 0 Å². The highest BCUT2D eigenvalue weighted by Gasteiger charge is 2.03. The van der Waals surface area contributed by atoms with E-state index in [9.17, 15) is 4.79 Å². The first-order chi connectivity index (χ1) is 7.20. The average Bonchev–Trinajstić information content (AvgIpc) is 2.66. The summed E-state index contributed by atoms with van der Waals surface area (Å²) in [4.78, 5) is 14.4. The van der Waals surface area contributed by atoms with Gasteiger partial charge in [0.05, 0.1) is 0 Å². The van der Waals surface area contributed by atoms with Crippen LogP contribution in [0.3, 0.4) is 0 Å². The van der Waals surface area contributed by atoms with E-state index in [1.807, 2.05) is 25.1 Å². The summed E-state index contributed by atoms with van der Waals surface area (Å²) in [7, 11) is 0. The maximum atomic E-state index is 10.5. The van der Waals surface area contributed by atoms with Crippen molar-refractivity contribution in [3.05, 3.63) is 47.0 Å². The number of benzene rings is 1. The van der Waals surface area contributed by atoms with Crippen LogP contribution in [0.1, 0.15) is 16.1 Å². The van der Waals surface area contributed by atoms with Gasteiger partial charge in [0.1, 0.15) is 12.0 Å². The molecular formula is C11H9ClN2O. The second-order valence-corrected chi connectivity index (χ2v) is 3.69. The maximum absolute atomic E-state index is 10.5. The van der Waals surface area contributed by atoms with Gasteiger partial charge in [0, 0.05) is 16.9 Å². The van der Waals surface area contributed by atoms with Crippen molar-refractivity contribution in [2.45, 2.75) is 6.92 Å². The zero-order valence-corrected chi connectivity index (χ0v) is 8.90. The molecule has 0 amide bonds. The van der Waals surface area contributed by atoms with Gasteiger partial charge in [-0.2, -0.15) is 0 Å². The van der Waals surface area contributed by atoms with E-state index in [1.54, 1.807) is 17.1 Å². The topological polar surface area (TPSA) is 34.9 Å². The minimum atomic E-state index is 0.421. The lowest BCUT2D eigenvalue weighted by molar-refractivity contribution is 0.111. The molecule has 0 aliphatic heterocycles. The Morgan fingerprint density at radius 2 is 2.27 bits per heavy atom. The van der Waals surface area contributed by atoms with E-state index in [0.29, 0.717) is 10.7 Å². The lowest BCUT2D eigenvalue weighted by Crippen LogP contribution is -1.93. The second-order valence-electron chi connectivity index (χ2n) is 3.25. The van der Waals surface area contributed by atoms with Gasteiger partial charge in [-0.05, 0) is 30.7 Å². The van der Waals surface area contributed by atoms with Gasteiger partial charge in [-0.15, -0.1) is 0 Å². The van der Waals surface area contributed by atoms with Crippen LogP contribution in [0.25, 0.3) is 5.69 Å². The summed E-state index contributed by atoms with van der Waals surface area (Å²) < 4.78 is 1.80. The number of halogens is 1. The Kier molecular flexibility index (Phi) is 2.56. The van der Waals surface area contributed by atoms with E-state index >= 15 is 0 Å². The molecule has 2 aromatic rings. The summed E-state index contributed by atoms with van der Waals surface area (Å²) in [6.07, 6.45) is 4.02. The Morgan fingerprint density at radius 3 is 2.87 bits per heavy atom. The van der Waals surface area contributed by atoms with E-state index in [0.717, 1.165) is 17.5 Å². The van der Waals surface area contributed by atoms with Crippen LogP contribution < -0.4 is 0 Å². The number of hydrogen-bond acceptors (Lipinski definition) is 2. The summed E-state index contributed by atoms with van der Waals surface area (Å²) >= 11 is 5.86. The smallest absolute Gasteiger partial charge is 0.170 e. The number of rotatable bonds is 2. The quantitative estimate of drug-likeness (QED) is 0.730. The third-order valence-electron chi connectivity index (χ3n) is 2.16. The predicted molar refractivity (Wildman–Crippen MR) is 58.7 cm³/mol. The molecule has 0 radical (unpaired) electrons. The largest absolute Gasteiger partial charge is 0.305 e. The van der Waals surface area contributed by atoms with Crippen molar-refractivity contribution < 1.29 is 4.79 Å². The fourth-order valence-electron chi connectivity index (χ4n) is 1.44. The van der Waals surface area contributed by atoms with Crippen molar-refractivity contribution in [2.24, 2.45) is 0 Å². The Bertz CT molecular complexity index is 505. The fourth-order valence-corrected chi connectivity index (χ4v) is 1.67. The molecule has 1 aromatic carbocycles. The van der Waals surface area contributed by atoms with Crippen molar-refractivity contribution >= 4 is 17.9 Å². The number of nitrogens with zero attached hydrogens (tertiary/aromatic N) is 2. The first kappa shape index (κ1) is 9.93. The SMILES string of the molecule is Cc1cc(Cl)ccc1-n1cnc(C=O)c1. The molecule has 0 atom stereocenters. The molecule has 0 aliphatic carbocycles. The predicted octanol–water partition coefficient (Wildman–Crippen LogP) is 2.65. The van der Waals surface area contributed by atoms with Crippen LogP contribution in [-0.2, 0) is 0 Å². The summed E-state index contributed by atoms with van der Waals surface area (Å²) in [6, 6.07) is 5.58. The lowest BCUT2D eigenvalue weighted by atomic mass is 10.2. The van der Waals surface area contributed by atoms with Crippen LogP contribution >= 0.6 is 11.6 Å². The zero-order valence-electron chi connectivity index (χ0n) is 8.14. The van der Waals surface area contributed by atoms with Crippen molar-refractivity contribution in [1.82, 2.24) is 9.55 Å². The molecule has 0 bridgehead atoms. The van der Waals surface area contributed by atoms with E-state index in [4.69, 9.17) is 11.6 Å². The number of aryl methyl sites for hydroxylation is 1. The fraction of sp³-hybridized carbons (Fsp3) is 0.0909. The minimum absolute atomic E-state index is 0.421. The third kappa shape index (κ3) is 1.92. The first-order valence-corrected chi connectivity index (χ1v) is 4.84. The van der Waals surface area contributed by atoms with Crippen LogP contribution in [0.5, 0.6) is 0 Å². The lowest BCUT2D eigenvalue weighted by Gasteiger charge is -2.05. The van der Waals surface area contributed by atoms with E-state index in [-0.39, 0.29) is 0 Å². The van der Waals surface area contributed by atoms with Gasteiger partial charge in [0.25, 0.3) is 0 Å². The second kappa shape index (κ2) is 3.87. The molecule has 4 heteroatoms. The van der Waals surface area contributed by atoms with Crippen LogP contribution in [-0.4, -0.2) is 15.8 Å². The van der Waals surface area contributed by atoms with Gasteiger partial charge in [-0.3, -0.25) is 4.79 Å². The molecule has 3 nitrogen and oxygen atoms in total. The number of aromatic nitrogens is 2. The summed E-state index contributed by atoms with van der Waals surface area (Å²) in [5, 5.41) is 0.701. The Balaban J connectivity index is 2.49. The molecule has 1 heterocycles. The Morgan fingerprint density at radius 1 is 1.47 bits per heavy atom. The highest BCUT2D eigenvalue weighted by molar-refractivity contribution is 6.30. The first-order valence-electron chi connectivity index (χ1n) is 4.46. The van der Waals surface area contributed by atoms with Crippen molar-refractivity contribution in [1.29, 1.82) is 0 Å². The van der Waals surface area contributed by atoms with Crippen LogP contribution in [0.15, 0.2) is 30.7 Å². The molecular weight excluding hydrogens is 212 g/mol. The zero-order chi connectivity index (χ0) is 10.8. The molecule has 0 unspecified atom stereocenters. The number of carbonyl (C=O) groups excluding carboxylic acids is 1. The molecule has 0 saturated heterocycles. The van der Waals surface area contributed by atoms with Crippen molar-refractivity contribution in [2.75, 3.05) is 0 Å². The van der Waals surface area contributed by atoms with Gasteiger partial charge >= 0.3 is 0 Å². The standard InChI is InChI=1S/C11H9ClN2O/c1-8-4-9(12)2-3-11(8)14-5-10(6-15)13-7-14/h2-7H,1H3. The number of imidazole rings is 1. The monoisotopic (exact) mass is 220 g/mol. The molecule has 0 N–H and O–H groups in total. The molecule has 0 saturated carbocycles. The van der Waals surface area contributed by atoms with Gasteiger partial charge in [0.2, 0.25) is 0 Å². The van der Waals surface area contributed by atoms with Gasteiger partial charge in [-0.25, -0.2) is 4.98 Å². The summed E-state index contributed by atoms with van der Waals surface area (Å²) in [5.74, 6) is 0. The van der Waals surface area contributed by atoms with Gasteiger partial charge < -0.3 is 4.57 Å². The highest BCUT2D eigenvalue weighted by atomic mass is 35.5. The van der Waals surface area contributed by atoms with Crippen LogP contribution in [0.4, 0.5) is 0 Å². The van der Waals surface area contributed by atoms with Gasteiger partial charge in [-0.1, -0.05) is 11.6 Å². The third-order valence-corrected chi connectivity index (χ3v) is 2.40. The van der Waals surface area contributed by atoms with Crippen molar-refractivity contribution in [3.8, 4) is 5.69 Å². The molecule has 0 fully saturated rings. The number of aldehydes is 1. The molecule has 2 rings (SSSR count). The molecule has 0 aliphatic rings. The average molecular weight is 221 g/mol. The number of hydrogen-bond donors (Lipinski definition) is 0. The summed E-state index contributed by atoms with van der Waals surface area (Å²) in [5.41, 5.74) is 2.43. The molecule has 76 valence electrons. The minimum Gasteiger partial charge on any atom is -0.305 e. The number of carbonyl (C=O) groups is 1. The van der Waals surface area contributed by atoms with Crippen LogP contribution in [0, 0.1) is 6.92 Å². The normalized spacial score (nSPS) is 10.3. The van der Waals surface area contributed by atoms with Gasteiger partial charge in [0.15, 0.2) is 6.29 Å². The molecule has 15 heavy (non-hydrogen) atoms. The molecule has 1 aromatic heterocycles. The Hall–Kier alpha value is -1.61. The van der Waals surface area contributed by atoms with Crippen molar-refractivity contribution in [3.63, 3.8) is 0 Å². The summed E-state index contributed by atoms with van der Waals surface area (Å²) in [6.45, 7) is 1.96. The Labute approximate surface area is 92.3 Å². The highest BCUT2D eigenvalue weighted by Crippen LogP contribution is 2.18. The van der Waals surface area contributed by atoms with E-state index in [2.05, 4.69) is 4.98 Å².